The van der Waals surface area contributed by atoms with Gasteiger partial charge in [-0.3, -0.25) is 15.0 Å². The fourth-order valence-corrected chi connectivity index (χ4v) is 2.98. The van der Waals surface area contributed by atoms with E-state index >= 15 is 0 Å². The Hall–Kier alpha value is -3.02. The maximum absolute atomic E-state index is 13.2. The number of hydrazine groups is 1. The third-order valence-corrected chi connectivity index (χ3v) is 4.20. The van der Waals surface area contributed by atoms with Crippen LogP contribution in [0.3, 0.4) is 0 Å². The average molecular weight is 384 g/mol. The first-order valence-electron chi connectivity index (χ1n) is 9.03. The zero-order valence-corrected chi connectivity index (χ0v) is 17.5. The molecule has 0 saturated carbocycles. The molecule has 0 radical (unpaired) electrons. The Kier molecular flexibility index (Phi) is 6.33. The molecule has 2 aromatic carbocycles. The first-order valence-corrected chi connectivity index (χ1v) is 9.03. The van der Waals surface area contributed by atoms with E-state index in [1.54, 1.807) is 18.2 Å². The zero-order chi connectivity index (χ0) is 21.1. The number of methoxy groups -OCH3 is 2. The lowest BCUT2D eigenvalue weighted by molar-refractivity contribution is 0.0357. The standard InChI is InChI=1S/C22H28N2O4/c1-14-11-15(2)13-16(12-14)21(26)24(22(3,4)5)23-20(25)17-9-8-10-18(27-6)19(17)28-7/h8-13H,1-7H3,(H,23,25). The van der Waals surface area contributed by atoms with Gasteiger partial charge in [-0.15, -0.1) is 0 Å². The van der Waals surface area contributed by atoms with Crippen LogP contribution in [0.25, 0.3) is 0 Å². The number of hydrogen-bond donors (Lipinski definition) is 1. The van der Waals surface area contributed by atoms with Crippen LogP contribution in [0, 0.1) is 13.8 Å². The van der Waals surface area contributed by atoms with E-state index in [0.29, 0.717) is 17.1 Å². The molecule has 2 amide bonds. The molecular weight excluding hydrogens is 356 g/mol. The van der Waals surface area contributed by atoms with Crippen molar-refractivity contribution in [3.05, 3.63) is 58.7 Å². The molecule has 28 heavy (non-hydrogen) atoms. The third kappa shape index (κ3) is 4.63. The summed E-state index contributed by atoms with van der Waals surface area (Å²) in [5.41, 5.74) is 4.87. The van der Waals surface area contributed by atoms with E-state index in [9.17, 15) is 9.59 Å². The van der Waals surface area contributed by atoms with E-state index in [4.69, 9.17) is 9.47 Å². The highest BCUT2D eigenvalue weighted by Gasteiger charge is 2.31. The Balaban J connectivity index is 2.41. The molecule has 2 aromatic rings. The molecule has 6 heteroatoms. The Morgan fingerprint density at radius 2 is 1.57 bits per heavy atom. The van der Waals surface area contributed by atoms with Crippen molar-refractivity contribution < 1.29 is 19.1 Å². The monoisotopic (exact) mass is 384 g/mol. The number of para-hydroxylation sites is 1. The van der Waals surface area contributed by atoms with Gasteiger partial charge in [0.2, 0.25) is 0 Å². The van der Waals surface area contributed by atoms with Gasteiger partial charge in [-0.25, -0.2) is 5.01 Å². The molecule has 0 aliphatic carbocycles. The zero-order valence-electron chi connectivity index (χ0n) is 17.5. The predicted molar refractivity (Wildman–Crippen MR) is 109 cm³/mol. The summed E-state index contributed by atoms with van der Waals surface area (Å²) in [6, 6.07) is 10.6. The largest absolute Gasteiger partial charge is 0.493 e. The van der Waals surface area contributed by atoms with Crippen LogP contribution in [0.4, 0.5) is 0 Å². The lowest BCUT2D eigenvalue weighted by Crippen LogP contribution is -2.56. The molecule has 6 nitrogen and oxygen atoms in total. The fraction of sp³-hybridized carbons (Fsp3) is 0.364. The van der Waals surface area contributed by atoms with Gasteiger partial charge in [0.25, 0.3) is 11.8 Å². The third-order valence-electron chi connectivity index (χ3n) is 4.20. The predicted octanol–water partition coefficient (Wildman–Crippen LogP) is 3.91. The van der Waals surface area contributed by atoms with Crippen molar-refractivity contribution in [2.75, 3.05) is 14.2 Å². The Morgan fingerprint density at radius 3 is 2.07 bits per heavy atom. The highest BCUT2D eigenvalue weighted by molar-refractivity contribution is 6.01. The summed E-state index contributed by atoms with van der Waals surface area (Å²) in [5.74, 6) is 0.0196. The van der Waals surface area contributed by atoms with Gasteiger partial charge in [-0.2, -0.15) is 0 Å². The number of rotatable bonds is 4. The second-order valence-corrected chi connectivity index (χ2v) is 7.67. The molecule has 0 heterocycles. The highest BCUT2D eigenvalue weighted by atomic mass is 16.5. The lowest BCUT2D eigenvalue weighted by atomic mass is 10.0. The molecular formula is C22H28N2O4. The van der Waals surface area contributed by atoms with Crippen LogP contribution in [-0.2, 0) is 0 Å². The Labute approximate surface area is 166 Å². The molecule has 2 rings (SSSR count). The number of ether oxygens (including phenoxy) is 2. The van der Waals surface area contributed by atoms with Crippen LogP contribution < -0.4 is 14.9 Å². The van der Waals surface area contributed by atoms with Crippen molar-refractivity contribution in [3.8, 4) is 11.5 Å². The van der Waals surface area contributed by atoms with Gasteiger partial charge in [0, 0.05) is 5.56 Å². The Bertz CT molecular complexity index is 864. The van der Waals surface area contributed by atoms with E-state index in [2.05, 4.69) is 5.43 Å². The van der Waals surface area contributed by atoms with Gasteiger partial charge >= 0.3 is 0 Å². The molecule has 0 aliphatic heterocycles. The van der Waals surface area contributed by atoms with Crippen LogP contribution in [0.2, 0.25) is 0 Å². The van der Waals surface area contributed by atoms with E-state index in [1.165, 1.54) is 19.2 Å². The van der Waals surface area contributed by atoms with Gasteiger partial charge in [0.05, 0.1) is 25.3 Å². The van der Waals surface area contributed by atoms with E-state index < -0.39 is 11.4 Å². The molecule has 0 aliphatic rings. The van der Waals surface area contributed by atoms with Crippen LogP contribution in [-0.4, -0.2) is 36.6 Å². The minimum Gasteiger partial charge on any atom is -0.493 e. The summed E-state index contributed by atoms with van der Waals surface area (Å²) in [5, 5.41) is 1.35. The second kappa shape index (κ2) is 8.33. The quantitative estimate of drug-likeness (QED) is 0.812. The van der Waals surface area contributed by atoms with Crippen molar-refractivity contribution in [1.82, 2.24) is 10.4 Å². The number of carbonyl (C=O) groups excluding carboxylic acids is 2. The average Bonchev–Trinajstić information content (AvgIpc) is 2.62. The number of amides is 2. The van der Waals surface area contributed by atoms with Crippen LogP contribution >= 0.6 is 0 Å². The molecule has 1 N–H and O–H groups in total. The minimum absolute atomic E-state index is 0.282. The molecule has 150 valence electrons. The van der Waals surface area contributed by atoms with Crippen LogP contribution in [0.1, 0.15) is 52.6 Å². The Morgan fingerprint density at radius 1 is 0.964 bits per heavy atom. The first-order chi connectivity index (χ1) is 13.1. The van der Waals surface area contributed by atoms with Gasteiger partial charge in [-0.05, 0) is 58.9 Å². The fourth-order valence-electron chi connectivity index (χ4n) is 2.98. The van der Waals surface area contributed by atoms with Gasteiger partial charge in [0.1, 0.15) is 0 Å². The second-order valence-electron chi connectivity index (χ2n) is 7.67. The number of nitrogens with zero attached hydrogens (tertiary/aromatic N) is 1. The van der Waals surface area contributed by atoms with Crippen LogP contribution in [0.15, 0.2) is 36.4 Å². The number of carbonyl (C=O) groups is 2. The van der Waals surface area contributed by atoms with Crippen molar-refractivity contribution in [1.29, 1.82) is 0 Å². The topological polar surface area (TPSA) is 67.9 Å². The van der Waals surface area contributed by atoms with Crippen molar-refractivity contribution in [2.45, 2.75) is 40.2 Å². The SMILES string of the molecule is COc1cccc(C(=O)NN(C(=O)c2cc(C)cc(C)c2)C(C)(C)C)c1OC. The van der Waals surface area contributed by atoms with Crippen molar-refractivity contribution >= 4 is 11.8 Å². The van der Waals surface area contributed by atoms with Gasteiger partial charge < -0.3 is 9.47 Å². The van der Waals surface area contributed by atoms with Crippen LogP contribution in [0.5, 0.6) is 11.5 Å². The van der Waals surface area contributed by atoms with Crippen molar-refractivity contribution in [2.24, 2.45) is 0 Å². The molecule has 0 bridgehead atoms. The van der Waals surface area contributed by atoms with E-state index in [0.717, 1.165) is 11.1 Å². The lowest BCUT2D eigenvalue weighted by Gasteiger charge is -2.35. The maximum atomic E-state index is 13.2. The molecule has 0 aromatic heterocycles. The van der Waals surface area contributed by atoms with Gasteiger partial charge in [-0.1, -0.05) is 23.3 Å². The summed E-state index contributed by atoms with van der Waals surface area (Å²) >= 11 is 0. The normalized spacial score (nSPS) is 11.0. The van der Waals surface area contributed by atoms with Gasteiger partial charge in [0.15, 0.2) is 11.5 Å². The summed E-state index contributed by atoms with van der Waals surface area (Å²) in [6.45, 7) is 9.44. The van der Waals surface area contributed by atoms with Crippen molar-refractivity contribution in [3.63, 3.8) is 0 Å². The maximum Gasteiger partial charge on any atom is 0.273 e. The van der Waals surface area contributed by atoms with E-state index in [-0.39, 0.29) is 11.5 Å². The highest BCUT2D eigenvalue weighted by Crippen LogP contribution is 2.31. The van der Waals surface area contributed by atoms with E-state index in [1.807, 2.05) is 52.8 Å². The molecule has 0 spiro atoms. The molecule has 0 saturated heterocycles. The summed E-state index contributed by atoms with van der Waals surface area (Å²) in [7, 11) is 2.97. The first kappa shape index (κ1) is 21.3. The molecule has 0 unspecified atom stereocenters. The summed E-state index contributed by atoms with van der Waals surface area (Å²) in [6.07, 6.45) is 0. The number of benzene rings is 2. The summed E-state index contributed by atoms with van der Waals surface area (Å²) in [4.78, 5) is 26.2. The molecule has 0 atom stereocenters. The minimum atomic E-state index is -0.642. The number of aryl methyl sites for hydroxylation is 2. The summed E-state index contributed by atoms with van der Waals surface area (Å²) < 4.78 is 10.6. The number of hydrogen-bond acceptors (Lipinski definition) is 4. The number of nitrogens with one attached hydrogen (secondary N) is 1. The smallest absolute Gasteiger partial charge is 0.273 e. The molecule has 0 fully saturated rings.